The average Bonchev–Trinajstić information content (AvgIpc) is 0. The Morgan fingerprint density at radius 1 is 0.750 bits per heavy atom. The fourth-order valence-corrected chi connectivity index (χ4v) is 0. The van der Waals surface area contributed by atoms with Crippen LogP contribution in [0.4, 0.5) is 0 Å². The van der Waals surface area contributed by atoms with E-state index in [0.29, 0.717) is 0 Å². The van der Waals surface area contributed by atoms with Gasteiger partial charge in [-0.3, -0.25) is 0 Å². The van der Waals surface area contributed by atoms with Gasteiger partial charge in [0.1, 0.15) is 0 Å². The number of hydrogen-bond donors (Lipinski definition) is 0. The van der Waals surface area contributed by atoms with E-state index in [0.717, 1.165) is 0 Å². The van der Waals surface area contributed by atoms with Crippen molar-refractivity contribution < 1.29 is 44.8 Å². The molecule has 0 amide bonds. The molecule has 0 aliphatic heterocycles. The van der Waals surface area contributed by atoms with E-state index in [-0.39, 0.29) is 71.8 Å². The fourth-order valence-electron chi connectivity index (χ4n) is 0. The van der Waals surface area contributed by atoms with Crippen molar-refractivity contribution in [1.82, 2.24) is 0 Å². The van der Waals surface area contributed by atoms with Gasteiger partial charge in [-0.1, -0.05) is 0 Å². The molecular weight excluding hydrogens is 369 g/mol. The van der Waals surface area contributed by atoms with E-state index in [4.69, 9.17) is 0 Å². The van der Waals surface area contributed by atoms with Crippen LogP contribution in [-0.2, 0) is 71.8 Å². The Bertz CT molecular complexity index is 6.00. The minimum absolute atomic E-state index is 0. The quantitative estimate of drug-likeness (QED) is 0.528. The molecule has 0 aliphatic carbocycles. The molecule has 0 aromatic rings. The second-order valence-corrected chi connectivity index (χ2v) is 0. The van der Waals surface area contributed by atoms with Crippen LogP contribution in [0.1, 0.15) is 0 Å². The van der Waals surface area contributed by atoms with Gasteiger partial charge in [-0.15, -0.1) is 0 Å². The Labute approximate surface area is 71.0 Å². The molecule has 0 atom stereocenters. The van der Waals surface area contributed by atoms with E-state index < -0.39 is 0 Å². The normalized spacial score (nSPS) is 0. The molecule has 0 bridgehead atoms. The summed E-state index contributed by atoms with van der Waals surface area (Å²) in [4.78, 5) is 0. The standard InChI is InChI=1S/Ag.Au.2S/q+1;+3;2*-2. The van der Waals surface area contributed by atoms with Gasteiger partial charge in [0.15, 0.2) is 0 Å². The van der Waals surface area contributed by atoms with E-state index in [1.807, 2.05) is 0 Å². The summed E-state index contributed by atoms with van der Waals surface area (Å²) < 4.78 is 0. The maximum absolute atomic E-state index is 0. The zero-order chi connectivity index (χ0) is 0. The van der Waals surface area contributed by atoms with Crippen LogP contribution in [0.5, 0.6) is 0 Å². The molecule has 4 heavy (non-hydrogen) atoms. The topological polar surface area (TPSA) is 0 Å². The molecule has 0 spiro atoms. The first kappa shape index (κ1) is 34.9. The molecule has 0 saturated carbocycles. The van der Waals surface area contributed by atoms with Crippen molar-refractivity contribution in [3.05, 3.63) is 0 Å². The first-order valence-corrected chi connectivity index (χ1v) is 0. The largest absolute Gasteiger partial charge is 3.00 e. The minimum atomic E-state index is 0. The van der Waals surface area contributed by atoms with E-state index in [1.165, 1.54) is 0 Å². The number of rotatable bonds is 0. The van der Waals surface area contributed by atoms with Gasteiger partial charge < -0.3 is 27.0 Å². The summed E-state index contributed by atoms with van der Waals surface area (Å²) in [5.74, 6) is 0. The van der Waals surface area contributed by atoms with Gasteiger partial charge in [0.05, 0.1) is 0 Å². The van der Waals surface area contributed by atoms with Crippen molar-refractivity contribution in [2.24, 2.45) is 0 Å². The third-order valence-corrected chi connectivity index (χ3v) is 0. The van der Waals surface area contributed by atoms with Crippen LogP contribution >= 0.6 is 0 Å². The van der Waals surface area contributed by atoms with E-state index >= 15 is 0 Å². The molecule has 0 aromatic heterocycles. The zero-order valence-electron chi connectivity index (χ0n) is 1.42. The van der Waals surface area contributed by atoms with Gasteiger partial charge in [0, 0.05) is 0 Å². The third kappa shape index (κ3) is 8.89. The zero-order valence-corrected chi connectivity index (χ0v) is 6.70. The SMILES string of the molecule is [Ag+].[Au+3].[S-2].[S-2]. The molecule has 0 fully saturated rings. The van der Waals surface area contributed by atoms with Crippen LogP contribution in [0, 0.1) is 0 Å². The van der Waals surface area contributed by atoms with Gasteiger partial charge in [-0.25, -0.2) is 0 Å². The van der Waals surface area contributed by atoms with Crippen molar-refractivity contribution in [3.8, 4) is 0 Å². The molecule has 0 radical (unpaired) electrons. The first-order chi connectivity index (χ1) is 0. The molecule has 0 heterocycles. The Morgan fingerprint density at radius 2 is 0.750 bits per heavy atom. The Hall–Kier alpha value is 2.18. The van der Waals surface area contributed by atoms with Gasteiger partial charge >= 0.3 is 44.8 Å². The van der Waals surface area contributed by atoms with Crippen LogP contribution in [0.2, 0.25) is 0 Å². The number of hydrogen-bond acceptors (Lipinski definition) is 0. The van der Waals surface area contributed by atoms with Gasteiger partial charge in [-0.2, -0.15) is 0 Å². The molecule has 0 unspecified atom stereocenters. The minimum Gasteiger partial charge on any atom is -2.00 e. The summed E-state index contributed by atoms with van der Waals surface area (Å²) in [6, 6.07) is 0. The third-order valence-electron chi connectivity index (χ3n) is 0. The predicted octanol–water partition coefficient (Wildman–Crippen LogP) is -0.00980. The van der Waals surface area contributed by atoms with Crippen LogP contribution < -0.4 is 0 Å². The van der Waals surface area contributed by atoms with Crippen molar-refractivity contribution in [1.29, 1.82) is 0 Å². The van der Waals surface area contributed by atoms with Crippen molar-refractivity contribution in [3.63, 3.8) is 0 Å². The molecule has 4 heteroatoms. The second-order valence-electron chi connectivity index (χ2n) is 0. The summed E-state index contributed by atoms with van der Waals surface area (Å²) in [5, 5.41) is 0. The second kappa shape index (κ2) is 19.0. The van der Waals surface area contributed by atoms with Crippen LogP contribution in [0.25, 0.3) is 0 Å². The molecule has 0 rings (SSSR count). The summed E-state index contributed by atoms with van der Waals surface area (Å²) >= 11 is 0. The van der Waals surface area contributed by atoms with Gasteiger partial charge in [0.2, 0.25) is 0 Å². The van der Waals surface area contributed by atoms with E-state index in [1.54, 1.807) is 0 Å². The summed E-state index contributed by atoms with van der Waals surface area (Å²) in [6.45, 7) is 0. The maximum Gasteiger partial charge on any atom is 3.00 e. The van der Waals surface area contributed by atoms with Crippen LogP contribution in [0.3, 0.4) is 0 Å². The summed E-state index contributed by atoms with van der Waals surface area (Å²) in [7, 11) is 0. The van der Waals surface area contributed by atoms with E-state index in [2.05, 4.69) is 0 Å². The van der Waals surface area contributed by atoms with Crippen LogP contribution in [0.15, 0.2) is 0 Å². The molecule has 0 saturated heterocycles. The van der Waals surface area contributed by atoms with Gasteiger partial charge in [-0.05, 0) is 0 Å². The fraction of sp³-hybridized carbons (Fsp3) is 0. The predicted molar refractivity (Wildman–Crippen MR) is 14.7 cm³/mol. The molecule has 34 valence electrons. The summed E-state index contributed by atoms with van der Waals surface area (Å²) in [5.41, 5.74) is 0. The molecular formula is AgAuS2. The Balaban J connectivity index is 0. The van der Waals surface area contributed by atoms with E-state index in [9.17, 15) is 0 Å². The maximum atomic E-state index is 0. The van der Waals surface area contributed by atoms with Crippen molar-refractivity contribution in [2.75, 3.05) is 0 Å². The molecule has 0 N–H and O–H groups in total. The van der Waals surface area contributed by atoms with Crippen molar-refractivity contribution in [2.45, 2.75) is 0 Å². The van der Waals surface area contributed by atoms with Crippen molar-refractivity contribution >= 4 is 27.0 Å². The molecule has 0 nitrogen and oxygen atoms in total. The molecule has 0 aromatic carbocycles. The Kier molecular flexibility index (Phi) is 166. The summed E-state index contributed by atoms with van der Waals surface area (Å²) in [6.07, 6.45) is 0. The monoisotopic (exact) mass is 368 g/mol. The average molecular weight is 369 g/mol. The van der Waals surface area contributed by atoms with Gasteiger partial charge in [0.25, 0.3) is 0 Å². The van der Waals surface area contributed by atoms with Crippen LogP contribution in [-0.4, -0.2) is 0 Å². The smallest absolute Gasteiger partial charge is 2.00 e. The Morgan fingerprint density at radius 3 is 0.750 bits per heavy atom. The first-order valence-electron chi connectivity index (χ1n) is 0. The molecule has 0 aliphatic rings.